The van der Waals surface area contributed by atoms with Crippen LogP contribution in [0, 0.1) is 0 Å². The molecule has 0 N–H and O–H groups in total. The van der Waals surface area contributed by atoms with Gasteiger partial charge in [0.25, 0.3) is 0 Å². The van der Waals surface area contributed by atoms with E-state index in [4.69, 9.17) is 4.74 Å². The number of hydrogen-bond donors (Lipinski definition) is 0. The number of unbranched alkanes of at least 4 members (excludes halogenated alkanes) is 4. The Morgan fingerprint density at radius 3 is 2.00 bits per heavy atom. The van der Waals surface area contributed by atoms with Gasteiger partial charge in [-0.15, -0.1) is 0 Å². The Bertz CT molecular complexity index is 129. The monoisotopic (exact) mass is 230 g/mol. The minimum absolute atomic E-state index is 0.823. The Hall–Kier alpha value is 0.177. The molecule has 0 heterocycles. The van der Waals surface area contributed by atoms with Crippen LogP contribution in [0.4, 0.5) is 0 Å². The van der Waals surface area contributed by atoms with Crippen LogP contribution in [0.3, 0.4) is 0 Å². The van der Waals surface area contributed by atoms with Gasteiger partial charge in [-0.1, -0.05) is 58.3 Å². The molecule has 0 amide bonds. The first-order chi connectivity index (χ1) is 7.06. The van der Waals surface area contributed by atoms with Crippen LogP contribution in [0.5, 0.6) is 0 Å². The van der Waals surface area contributed by atoms with Gasteiger partial charge in [0.1, 0.15) is 0 Å². The number of hydrogen-bond acceptors (Lipinski definition) is 1. The van der Waals surface area contributed by atoms with E-state index in [9.17, 15) is 0 Å². The molecule has 0 aromatic rings. The van der Waals surface area contributed by atoms with Gasteiger partial charge in [0.15, 0.2) is 0 Å². The molecule has 0 aliphatic carbocycles. The van der Waals surface area contributed by atoms with E-state index in [0.29, 0.717) is 0 Å². The predicted octanol–water partition coefficient (Wildman–Crippen LogP) is 4.70. The van der Waals surface area contributed by atoms with E-state index in [2.05, 4.69) is 26.6 Å². The van der Waals surface area contributed by atoms with Gasteiger partial charge in [-0.3, -0.25) is 0 Å². The molecule has 0 atom stereocenters. The summed E-state index contributed by atoms with van der Waals surface area (Å²) in [7, 11) is -0.823. The van der Waals surface area contributed by atoms with Crippen molar-refractivity contribution < 1.29 is 4.74 Å². The lowest BCUT2D eigenvalue weighted by Gasteiger charge is -2.15. The average molecular weight is 230 g/mol. The normalized spacial score (nSPS) is 12.0. The maximum Gasteiger partial charge on any atom is 0.0466 e. The first kappa shape index (κ1) is 15.2. The standard InChI is InChI=1S/C13H30OSi/c1-5-6-7-8-9-11-14-12-10-13-15(2,3)4/h5-13H2,1-4H3. The van der Waals surface area contributed by atoms with Crippen molar-refractivity contribution in [2.45, 2.75) is 71.1 Å². The van der Waals surface area contributed by atoms with E-state index in [-0.39, 0.29) is 0 Å². The van der Waals surface area contributed by atoms with Crippen molar-refractivity contribution in [3.05, 3.63) is 0 Å². The molecule has 0 rings (SSSR count). The van der Waals surface area contributed by atoms with Crippen LogP contribution in [0.2, 0.25) is 25.7 Å². The summed E-state index contributed by atoms with van der Waals surface area (Å²) in [5, 5.41) is 0. The highest BCUT2D eigenvalue weighted by molar-refractivity contribution is 6.76. The zero-order valence-corrected chi connectivity index (χ0v) is 12.3. The maximum absolute atomic E-state index is 5.63. The van der Waals surface area contributed by atoms with Crippen LogP contribution in [0.15, 0.2) is 0 Å². The molecule has 92 valence electrons. The maximum atomic E-state index is 5.63. The van der Waals surface area contributed by atoms with Gasteiger partial charge in [-0.25, -0.2) is 0 Å². The van der Waals surface area contributed by atoms with Gasteiger partial charge in [-0.05, 0) is 12.8 Å². The van der Waals surface area contributed by atoms with Crippen LogP contribution in [0.1, 0.15) is 45.4 Å². The zero-order chi connectivity index (χ0) is 11.6. The summed E-state index contributed by atoms with van der Waals surface area (Å²) in [6, 6.07) is 1.41. The van der Waals surface area contributed by atoms with Crippen LogP contribution >= 0.6 is 0 Å². The Kier molecular flexibility index (Phi) is 9.52. The van der Waals surface area contributed by atoms with Crippen molar-refractivity contribution in [2.75, 3.05) is 13.2 Å². The first-order valence-electron chi connectivity index (χ1n) is 6.64. The predicted molar refractivity (Wildman–Crippen MR) is 72.3 cm³/mol. The second-order valence-corrected chi connectivity index (χ2v) is 11.3. The highest BCUT2D eigenvalue weighted by Crippen LogP contribution is 2.11. The molecule has 15 heavy (non-hydrogen) atoms. The summed E-state index contributed by atoms with van der Waals surface area (Å²) in [6.45, 7) is 11.5. The third-order valence-corrected chi connectivity index (χ3v) is 4.46. The van der Waals surface area contributed by atoms with Gasteiger partial charge >= 0.3 is 0 Å². The van der Waals surface area contributed by atoms with Crippen LogP contribution in [0.25, 0.3) is 0 Å². The quantitative estimate of drug-likeness (QED) is 0.390. The summed E-state index contributed by atoms with van der Waals surface area (Å²) in [6.07, 6.45) is 7.97. The van der Waals surface area contributed by atoms with E-state index < -0.39 is 8.07 Å². The third kappa shape index (κ3) is 14.2. The SMILES string of the molecule is CCCCCCCOCCC[Si](C)(C)C. The molecule has 0 aliphatic heterocycles. The Labute approximate surface area is 97.6 Å². The van der Waals surface area contributed by atoms with Gasteiger partial charge in [0, 0.05) is 21.3 Å². The topological polar surface area (TPSA) is 9.23 Å². The Morgan fingerprint density at radius 2 is 1.40 bits per heavy atom. The van der Waals surface area contributed by atoms with E-state index >= 15 is 0 Å². The van der Waals surface area contributed by atoms with Crippen molar-refractivity contribution >= 4 is 8.07 Å². The molecule has 0 aromatic carbocycles. The van der Waals surface area contributed by atoms with E-state index in [1.54, 1.807) is 0 Å². The molecule has 0 unspecified atom stereocenters. The van der Waals surface area contributed by atoms with Crippen molar-refractivity contribution in [2.24, 2.45) is 0 Å². The molecule has 2 heteroatoms. The molecule has 1 nitrogen and oxygen atoms in total. The summed E-state index contributed by atoms with van der Waals surface area (Å²) in [4.78, 5) is 0. The van der Waals surface area contributed by atoms with Crippen molar-refractivity contribution in [3.8, 4) is 0 Å². The molecule has 0 saturated carbocycles. The lowest BCUT2D eigenvalue weighted by Crippen LogP contribution is -2.19. The van der Waals surface area contributed by atoms with Gasteiger partial charge in [0.2, 0.25) is 0 Å². The van der Waals surface area contributed by atoms with Crippen LogP contribution < -0.4 is 0 Å². The van der Waals surface area contributed by atoms with E-state index in [0.717, 1.165) is 13.2 Å². The van der Waals surface area contributed by atoms with E-state index in [1.807, 2.05) is 0 Å². The minimum atomic E-state index is -0.823. The molecular weight excluding hydrogens is 200 g/mol. The van der Waals surface area contributed by atoms with E-state index in [1.165, 1.54) is 44.6 Å². The lowest BCUT2D eigenvalue weighted by molar-refractivity contribution is 0.130. The van der Waals surface area contributed by atoms with Gasteiger partial charge < -0.3 is 4.74 Å². The summed E-state index contributed by atoms with van der Waals surface area (Å²) < 4.78 is 5.63. The third-order valence-electron chi connectivity index (χ3n) is 2.61. The van der Waals surface area contributed by atoms with Gasteiger partial charge in [-0.2, -0.15) is 0 Å². The van der Waals surface area contributed by atoms with Crippen molar-refractivity contribution in [1.29, 1.82) is 0 Å². The van der Waals surface area contributed by atoms with Gasteiger partial charge in [0.05, 0.1) is 0 Å². The fraction of sp³-hybridized carbons (Fsp3) is 1.00. The second kappa shape index (κ2) is 9.41. The summed E-state index contributed by atoms with van der Waals surface area (Å²) >= 11 is 0. The Morgan fingerprint density at radius 1 is 0.800 bits per heavy atom. The summed E-state index contributed by atoms with van der Waals surface area (Å²) in [5.41, 5.74) is 0. The molecule has 0 spiro atoms. The minimum Gasteiger partial charge on any atom is -0.381 e. The number of rotatable bonds is 10. The average Bonchev–Trinajstić information content (AvgIpc) is 2.14. The smallest absolute Gasteiger partial charge is 0.0466 e. The fourth-order valence-electron chi connectivity index (χ4n) is 1.61. The second-order valence-electron chi connectivity index (χ2n) is 5.69. The highest BCUT2D eigenvalue weighted by Gasteiger charge is 2.11. The van der Waals surface area contributed by atoms with Crippen molar-refractivity contribution in [3.63, 3.8) is 0 Å². The molecule has 0 aromatic heterocycles. The summed E-state index contributed by atoms with van der Waals surface area (Å²) in [5.74, 6) is 0. The highest BCUT2D eigenvalue weighted by atomic mass is 28.3. The molecular formula is C13H30OSi. The molecule has 0 radical (unpaired) electrons. The largest absolute Gasteiger partial charge is 0.381 e. The first-order valence-corrected chi connectivity index (χ1v) is 10.3. The molecule has 0 fully saturated rings. The molecule has 0 aliphatic rings. The molecule has 0 saturated heterocycles. The number of ether oxygens (including phenoxy) is 1. The van der Waals surface area contributed by atoms with Crippen molar-refractivity contribution in [1.82, 2.24) is 0 Å². The lowest BCUT2D eigenvalue weighted by atomic mass is 10.2. The molecule has 0 bridgehead atoms. The zero-order valence-electron chi connectivity index (χ0n) is 11.3. The fourth-order valence-corrected chi connectivity index (χ4v) is 2.82. The van der Waals surface area contributed by atoms with Crippen LogP contribution in [-0.2, 0) is 4.74 Å². The Balaban J connectivity index is 2.99. The van der Waals surface area contributed by atoms with Crippen LogP contribution in [-0.4, -0.2) is 21.3 Å².